The van der Waals surface area contributed by atoms with Gasteiger partial charge in [0, 0.05) is 9.43 Å². The van der Waals surface area contributed by atoms with Crippen molar-refractivity contribution < 1.29 is 8.42 Å². The number of hydrogen-bond acceptors (Lipinski definition) is 3. The van der Waals surface area contributed by atoms with Crippen LogP contribution in [0.5, 0.6) is 0 Å². The van der Waals surface area contributed by atoms with E-state index in [1.54, 1.807) is 0 Å². The second-order valence-electron chi connectivity index (χ2n) is 0.737. The second-order valence-corrected chi connectivity index (χ2v) is 2.03. The van der Waals surface area contributed by atoms with Gasteiger partial charge in [0.05, 0.1) is 0 Å². The molecule has 0 spiro atoms. The lowest BCUT2D eigenvalue weighted by Crippen LogP contribution is -1.84. The van der Waals surface area contributed by atoms with Gasteiger partial charge in [-0.25, -0.2) is 8.42 Å². The van der Waals surface area contributed by atoms with Gasteiger partial charge >= 0.3 is 10.0 Å². The van der Waals surface area contributed by atoms with Crippen molar-refractivity contribution in [3.05, 3.63) is 10.4 Å². The van der Waals surface area contributed by atoms with Crippen LogP contribution in [0.2, 0.25) is 0 Å². The van der Waals surface area contributed by atoms with E-state index in [1.807, 2.05) is 4.91 Å². The first-order valence-electron chi connectivity index (χ1n) is 1.34. The second kappa shape index (κ2) is 2.16. The Kier molecular flexibility index (Phi) is 1.82. The molecule has 0 rings (SSSR count). The normalized spacial score (nSPS) is 8.88. The average molecular weight is 132 g/mol. The molecule has 0 fully saturated rings. The van der Waals surface area contributed by atoms with Crippen LogP contribution in [0.25, 0.3) is 10.4 Å². The zero-order valence-electron chi connectivity index (χ0n) is 3.51. The molecule has 42 valence electrons. The van der Waals surface area contributed by atoms with E-state index in [0.717, 1.165) is 5.40 Å². The molecule has 0 bridgehead atoms. The van der Waals surface area contributed by atoms with Crippen LogP contribution in [0.15, 0.2) is 4.52 Å². The van der Waals surface area contributed by atoms with Crippen molar-refractivity contribution in [2.75, 3.05) is 0 Å². The molecule has 7 heteroatoms. The largest absolute Gasteiger partial charge is 0.328 e. The van der Waals surface area contributed by atoms with Crippen LogP contribution < -0.4 is 0 Å². The van der Waals surface area contributed by atoms with Gasteiger partial charge in [0.2, 0.25) is 5.40 Å². The smallest absolute Gasteiger partial charge is 0.205 e. The molecule has 0 aliphatic rings. The highest BCUT2D eigenvalue weighted by Gasteiger charge is 2.00. The summed E-state index contributed by atoms with van der Waals surface area (Å²) in [7, 11) is -4.16. The van der Waals surface area contributed by atoms with Gasteiger partial charge in [0.25, 0.3) is 0 Å². The predicted octanol–water partition coefficient (Wildman–Crippen LogP) is 0.108. The molecule has 0 saturated heterocycles. The Morgan fingerprint density at radius 2 is 2.25 bits per heavy atom. The van der Waals surface area contributed by atoms with Gasteiger partial charge in [0.15, 0.2) is 0 Å². The quantitative estimate of drug-likeness (QED) is 0.166. The first-order chi connectivity index (χ1) is 3.62. The predicted molar refractivity (Wildman–Crippen MR) is 23.7 cm³/mol. The lowest BCUT2D eigenvalue weighted by Gasteiger charge is -1.68. The fraction of sp³-hybridized carbons (Fsp3) is 0. The minimum Gasteiger partial charge on any atom is -0.205 e. The molecule has 0 unspecified atom stereocenters. The van der Waals surface area contributed by atoms with E-state index in [4.69, 9.17) is 10.8 Å². The van der Waals surface area contributed by atoms with E-state index in [-0.39, 0.29) is 0 Å². The van der Waals surface area contributed by atoms with Crippen LogP contribution >= 0.6 is 0 Å². The lowest BCUT2D eigenvalue weighted by molar-refractivity contribution is 0.607. The summed E-state index contributed by atoms with van der Waals surface area (Å²) in [4.78, 5) is 1.89. The number of rotatable bonds is 1. The van der Waals surface area contributed by atoms with Crippen molar-refractivity contribution >= 4 is 10.0 Å². The number of thiocyanates is 1. The molecule has 0 aliphatic heterocycles. The summed E-state index contributed by atoms with van der Waals surface area (Å²) < 4.78 is 21.8. The zero-order valence-corrected chi connectivity index (χ0v) is 4.33. The first-order valence-corrected chi connectivity index (χ1v) is 2.78. The van der Waals surface area contributed by atoms with Crippen LogP contribution in [0.4, 0.5) is 0 Å². The van der Waals surface area contributed by atoms with Crippen LogP contribution in [0.1, 0.15) is 0 Å². The maximum atomic E-state index is 9.82. The van der Waals surface area contributed by atoms with Gasteiger partial charge in [-0.3, -0.25) is 0 Å². The molecule has 0 radical (unpaired) electrons. The van der Waals surface area contributed by atoms with Gasteiger partial charge in [-0.2, -0.15) is 5.26 Å². The topological polar surface area (TPSA) is 107 Å². The number of nitriles is 1. The Morgan fingerprint density at radius 3 is 2.38 bits per heavy atom. The average Bonchev–Trinajstić information content (AvgIpc) is 1.67. The first kappa shape index (κ1) is 6.75. The third kappa shape index (κ3) is 2.02. The number of hydrogen-bond donors (Lipinski definition) is 0. The zero-order chi connectivity index (χ0) is 6.62. The van der Waals surface area contributed by atoms with E-state index >= 15 is 0 Å². The van der Waals surface area contributed by atoms with E-state index in [9.17, 15) is 8.42 Å². The van der Waals surface area contributed by atoms with Gasteiger partial charge in [-0.05, 0) is 5.53 Å². The van der Waals surface area contributed by atoms with Crippen LogP contribution in [0, 0.1) is 10.7 Å². The molecule has 0 N–H and O–H groups in total. The van der Waals surface area contributed by atoms with Crippen molar-refractivity contribution in [2.24, 2.45) is 4.52 Å². The standard InChI is InChI=1S/CN4O2S/c2-1-8(6,7)5-4-3. The van der Waals surface area contributed by atoms with Crippen molar-refractivity contribution in [1.82, 2.24) is 0 Å². The Morgan fingerprint density at radius 1 is 1.75 bits per heavy atom. The fourth-order valence-corrected chi connectivity index (χ4v) is 0.199. The van der Waals surface area contributed by atoms with Crippen molar-refractivity contribution in [3.8, 4) is 5.40 Å². The minimum atomic E-state index is -4.16. The Labute approximate surface area is 45.0 Å². The summed E-state index contributed by atoms with van der Waals surface area (Å²) in [5, 5.41) is 8.42. The summed E-state index contributed by atoms with van der Waals surface area (Å²) in [6.45, 7) is 0. The third-order valence-electron chi connectivity index (χ3n) is 0.259. The molecule has 0 heterocycles. The maximum Gasteiger partial charge on any atom is 0.328 e. The Balaban J connectivity index is 4.77. The van der Waals surface area contributed by atoms with Crippen molar-refractivity contribution in [1.29, 1.82) is 5.26 Å². The van der Waals surface area contributed by atoms with E-state index in [1.165, 1.54) is 0 Å². The SMILES string of the molecule is N#CS(=O)(=O)N=[N+]=[N-]. The van der Waals surface area contributed by atoms with Gasteiger partial charge in [-0.15, -0.1) is 0 Å². The molecular formula is CN4O2S. The Bertz CT molecular complexity index is 250. The highest BCUT2D eigenvalue weighted by molar-refractivity contribution is 7.94. The fourth-order valence-electron chi connectivity index (χ4n) is 0.0663. The third-order valence-corrected chi connectivity index (χ3v) is 0.778. The van der Waals surface area contributed by atoms with Gasteiger partial charge in [0.1, 0.15) is 0 Å². The molecule has 6 nitrogen and oxygen atoms in total. The number of azide groups is 1. The Hall–Kier alpha value is -1.25. The maximum absolute atomic E-state index is 9.82. The summed E-state index contributed by atoms with van der Waals surface area (Å²) in [5.74, 6) is 0. The molecule has 0 amide bonds. The highest BCUT2D eigenvalue weighted by atomic mass is 32.2. The van der Waals surface area contributed by atoms with Gasteiger partial charge < -0.3 is 0 Å². The summed E-state index contributed by atoms with van der Waals surface area (Å²) in [6.07, 6.45) is 0. The van der Waals surface area contributed by atoms with Crippen LogP contribution in [-0.4, -0.2) is 8.42 Å². The van der Waals surface area contributed by atoms with Crippen molar-refractivity contribution in [3.63, 3.8) is 0 Å². The van der Waals surface area contributed by atoms with Gasteiger partial charge in [-0.1, -0.05) is 0 Å². The van der Waals surface area contributed by atoms with E-state index in [2.05, 4.69) is 4.52 Å². The summed E-state index contributed by atoms with van der Waals surface area (Å²) in [5.41, 5.74) is 7.46. The molecule has 0 aromatic rings. The molecule has 0 atom stereocenters. The molecule has 0 aromatic heterocycles. The molecule has 8 heavy (non-hydrogen) atoms. The molecule has 0 aromatic carbocycles. The van der Waals surface area contributed by atoms with E-state index in [0.29, 0.717) is 0 Å². The van der Waals surface area contributed by atoms with Crippen LogP contribution in [0.3, 0.4) is 0 Å². The molecule has 0 saturated carbocycles. The summed E-state index contributed by atoms with van der Waals surface area (Å²) >= 11 is 0. The number of nitrogens with zero attached hydrogens (tertiary/aromatic N) is 4. The number of sulfonamides is 1. The molecule has 0 aliphatic carbocycles. The lowest BCUT2D eigenvalue weighted by atomic mass is 11.8. The minimum absolute atomic E-state index is 0.794. The van der Waals surface area contributed by atoms with Crippen LogP contribution in [-0.2, 0) is 10.0 Å². The highest BCUT2D eigenvalue weighted by Crippen LogP contribution is 1.85. The van der Waals surface area contributed by atoms with E-state index < -0.39 is 10.0 Å². The van der Waals surface area contributed by atoms with Crippen molar-refractivity contribution in [2.45, 2.75) is 0 Å². The monoisotopic (exact) mass is 132 g/mol. The summed E-state index contributed by atoms with van der Waals surface area (Å²) in [6, 6.07) is 0. The molecular weight excluding hydrogens is 132 g/mol.